The number of benzene rings is 2. The molecule has 2 aromatic carbocycles. The van der Waals surface area contributed by atoms with Crippen LogP contribution in [0.4, 0.5) is 5.13 Å². The van der Waals surface area contributed by atoms with Crippen LogP contribution in [0.5, 0.6) is 5.75 Å². The predicted molar refractivity (Wildman–Crippen MR) is 104 cm³/mol. The number of nitrogens with one attached hydrogen (secondary N) is 1. The highest BCUT2D eigenvalue weighted by atomic mass is 32.1. The first kappa shape index (κ1) is 18.7. The molecule has 0 aliphatic rings. The molecule has 138 valence electrons. The van der Waals surface area contributed by atoms with E-state index in [1.165, 1.54) is 23.8 Å². The number of carbonyl (C=O) groups excluding carboxylic acids is 2. The molecular formula is C20H19N3O3S. The van der Waals surface area contributed by atoms with Crippen LogP contribution in [0.3, 0.4) is 0 Å². The van der Waals surface area contributed by atoms with Gasteiger partial charge in [-0.3, -0.25) is 14.9 Å². The number of anilines is 1. The maximum absolute atomic E-state index is 12.3. The molecule has 6 nitrogen and oxygen atoms in total. The van der Waals surface area contributed by atoms with Crippen LogP contribution in [-0.2, 0) is 11.2 Å². The van der Waals surface area contributed by atoms with Gasteiger partial charge >= 0.3 is 5.97 Å². The van der Waals surface area contributed by atoms with E-state index < -0.39 is 5.97 Å². The van der Waals surface area contributed by atoms with E-state index in [9.17, 15) is 9.59 Å². The molecule has 7 heteroatoms. The third-order valence-corrected chi connectivity index (χ3v) is 4.78. The number of ether oxygens (including phenoxy) is 1. The first-order valence-corrected chi connectivity index (χ1v) is 9.30. The summed E-state index contributed by atoms with van der Waals surface area (Å²) in [5.74, 6) is 0.0187. The number of carbonyl (C=O) groups is 2. The van der Waals surface area contributed by atoms with Gasteiger partial charge in [0.15, 0.2) is 0 Å². The lowest BCUT2D eigenvalue weighted by atomic mass is 9.98. The lowest BCUT2D eigenvalue weighted by Gasteiger charge is -2.08. The van der Waals surface area contributed by atoms with Gasteiger partial charge in [0, 0.05) is 18.9 Å². The summed E-state index contributed by atoms with van der Waals surface area (Å²) in [5, 5.41) is 12.3. The summed E-state index contributed by atoms with van der Waals surface area (Å²) < 4.78 is 4.95. The van der Waals surface area contributed by atoms with Gasteiger partial charge in [0.25, 0.3) is 5.91 Å². The van der Waals surface area contributed by atoms with Crippen molar-refractivity contribution in [2.75, 3.05) is 5.32 Å². The second-order valence-corrected chi connectivity index (χ2v) is 7.15. The minimum atomic E-state index is -0.404. The van der Waals surface area contributed by atoms with Gasteiger partial charge in [-0.25, -0.2) is 0 Å². The zero-order chi connectivity index (χ0) is 19.2. The van der Waals surface area contributed by atoms with Crippen molar-refractivity contribution in [3.05, 3.63) is 70.7 Å². The first-order chi connectivity index (χ1) is 13.0. The quantitative estimate of drug-likeness (QED) is 0.514. The van der Waals surface area contributed by atoms with Crippen molar-refractivity contribution < 1.29 is 14.3 Å². The van der Waals surface area contributed by atoms with Gasteiger partial charge in [0.05, 0.1) is 0 Å². The van der Waals surface area contributed by atoms with Gasteiger partial charge in [-0.15, -0.1) is 10.2 Å². The molecule has 0 saturated carbocycles. The monoisotopic (exact) mass is 381 g/mol. The average molecular weight is 381 g/mol. The summed E-state index contributed by atoms with van der Waals surface area (Å²) in [6.07, 6.45) is 0.759. The fraction of sp³-hybridized carbons (Fsp3) is 0.200. The molecule has 1 amide bonds. The summed E-state index contributed by atoms with van der Waals surface area (Å²) in [6.45, 7) is 3.46. The van der Waals surface area contributed by atoms with Crippen LogP contribution in [0.25, 0.3) is 0 Å². The second-order valence-electron chi connectivity index (χ2n) is 6.09. The molecule has 1 atom stereocenters. The highest BCUT2D eigenvalue weighted by molar-refractivity contribution is 7.15. The molecule has 0 saturated heterocycles. The van der Waals surface area contributed by atoms with Crippen LogP contribution >= 0.6 is 11.3 Å². The van der Waals surface area contributed by atoms with Gasteiger partial charge < -0.3 is 4.74 Å². The van der Waals surface area contributed by atoms with E-state index in [0.29, 0.717) is 22.4 Å². The third-order valence-electron chi connectivity index (χ3n) is 3.91. The van der Waals surface area contributed by atoms with Crippen LogP contribution < -0.4 is 10.1 Å². The van der Waals surface area contributed by atoms with Gasteiger partial charge in [-0.05, 0) is 35.7 Å². The number of nitrogens with zero attached hydrogens (tertiary/aromatic N) is 2. The zero-order valence-corrected chi connectivity index (χ0v) is 15.8. The van der Waals surface area contributed by atoms with Gasteiger partial charge in [0.1, 0.15) is 10.8 Å². The van der Waals surface area contributed by atoms with Crippen LogP contribution in [0.2, 0.25) is 0 Å². The van der Waals surface area contributed by atoms with E-state index in [2.05, 4.69) is 34.6 Å². The van der Waals surface area contributed by atoms with E-state index in [1.54, 1.807) is 24.3 Å². The van der Waals surface area contributed by atoms with Crippen LogP contribution in [0.1, 0.15) is 40.7 Å². The van der Waals surface area contributed by atoms with Gasteiger partial charge in [-0.1, -0.05) is 48.6 Å². The lowest BCUT2D eigenvalue weighted by molar-refractivity contribution is -0.131. The summed E-state index contributed by atoms with van der Waals surface area (Å²) in [6, 6.07) is 16.5. The fourth-order valence-corrected chi connectivity index (χ4v) is 3.42. The number of hydrogen-bond acceptors (Lipinski definition) is 6. The molecule has 27 heavy (non-hydrogen) atoms. The molecule has 0 radical (unpaired) electrons. The minimum absolute atomic E-state index is 0.289. The van der Waals surface area contributed by atoms with Crippen molar-refractivity contribution in [3.63, 3.8) is 0 Å². The van der Waals surface area contributed by atoms with Crippen molar-refractivity contribution in [3.8, 4) is 5.75 Å². The van der Waals surface area contributed by atoms with E-state index in [1.807, 2.05) is 18.2 Å². The lowest BCUT2D eigenvalue weighted by Crippen LogP contribution is -2.11. The molecule has 0 fully saturated rings. The van der Waals surface area contributed by atoms with Crippen molar-refractivity contribution >= 4 is 28.3 Å². The zero-order valence-electron chi connectivity index (χ0n) is 15.0. The number of aromatic nitrogens is 2. The maximum atomic E-state index is 12.3. The third kappa shape index (κ3) is 5.21. The maximum Gasteiger partial charge on any atom is 0.308 e. The van der Waals surface area contributed by atoms with Crippen LogP contribution in [0, 0.1) is 0 Å². The second kappa shape index (κ2) is 8.55. The van der Waals surface area contributed by atoms with E-state index in [0.717, 1.165) is 11.4 Å². The molecule has 1 unspecified atom stereocenters. The largest absolute Gasteiger partial charge is 0.427 e. The Kier molecular flexibility index (Phi) is 5.93. The van der Waals surface area contributed by atoms with Crippen molar-refractivity contribution in [1.82, 2.24) is 10.2 Å². The number of hydrogen-bond donors (Lipinski definition) is 1. The molecule has 3 aromatic rings. The Morgan fingerprint density at radius 1 is 1.07 bits per heavy atom. The smallest absolute Gasteiger partial charge is 0.308 e. The normalized spacial score (nSPS) is 11.6. The van der Waals surface area contributed by atoms with E-state index >= 15 is 0 Å². The van der Waals surface area contributed by atoms with Crippen molar-refractivity contribution in [2.24, 2.45) is 0 Å². The number of esters is 1. The van der Waals surface area contributed by atoms with E-state index in [-0.39, 0.29) is 5.91 Å². The molecule has 1 heterocycles. The Balaban J connectivity index is 1.60. The SMILES string of the molecule is CC(=O)Oc1ccc(C(=O)Nc2nnc(CC(C)c3ccccc3)s2)cc1. The average Bonchev–Trinajstić information content (AvgIpc) is 3.09. The summed E-state index contributed by atoms with van der Waals surface area (Å²) >= 11 is 1.37. The van der Waals surface area contributed by atoms with Crippen molar-refractivity contribution in [2.45, 2.75) is 26.2 Å². The number of rotatable bonds is 6. The standard InChI is InChI=1S/C20H19N3O3S/c1-13(15-6-4-3-5-7-15)12-18-22-23-20(27-18)21-19(25)16-8-10-17(11-9-16)26-14(2)24/h3-11,13H,12H2,1-2H3,(H,21,23,25). The molecule has 1 N–H and O–H groups in total. The van der Waals surface area contributed by atoms with Crippen LogP contribution in [0.15, 0.2) is 54.6 Å². The van der Waals surface area contributed by atoms with Gasteiger partial charge in [-0.2, -0.15) is 0 Å². The molecule has 0 spiro atoms. The fourth-order valence-electron chi connectivity index (χ4n) is 2.56. The minimum Gasteiger partial charge on any atom is -0.427 e. The molecule has 0 bridgehead atoms. The molecule has 0 aliphatic carbocycles. The molecule has 1 aromatic heterocycles. The Hall–Kier alpha value is -3.06. The summed E-state index contributed by atoms with van der Waals surface area (Å²) in [4.78, 5) is 23.2. The van der Waals surface area contributed by atoms with E-state index in [4.69, 9.17) is 4.74 Å². The van der Waals surface area contributed by atoms with Gasteiger partial charge in [0.2, 0.25) is 5.13 Å². The Bertz CT molecular complexity index is 923. The first-order valence-electron chi connectivity index (χ1n) is 8.48. The molecular weight excluding hydrogens is 362 g/mol. The van der Waals surface area contributed by atoms with Crippen LogP contribution in [-0.4, -0.2) is 22.1 Å². The highest BCUT2D eigenvalue weighted by Crippen LogP contribution is 2.24. The summed E-state index contributed by atoms with van der Waals surface area (Å²) in [7, 11) is 0. The Morgan fingerprint density at radius 3 is 2.44 bits per heavy atom. The molecule has 3 rings (SSSR count). The Labute approximate surface area is 161 Å². The Morgan fingerprint density at radius 2 is 1.78 bits per heavy atom. The van der Waals surface area contributed by atoms with Crippen molar-refractivity contribution in [1.29, 1.82) is 0 Å². The predicted octanol–water partition coefficient (Wildman–Crippen LogP) is 4.06. The number of amides is 1. The summed E-state index contributed by atoms with van der Waals surface area (Å²) in [5.41, 5.74) is 1.69. The molecule has 0 aliphatic heterocycles. The topological polar surface area (TPSA) is 81.2 Å². The highest BCUT2D eigenvalue weighted by Gasteiger charge is 2.13.